The van der Waals surface area contributed by atoms with Gasteiger partial charge in [0.25, 0.3) is 0 Å². The molecule has 2 aromatic carbocycles. The molecule has 0 bridgehead atoms. The van der Waals surface area contributed by atoms with Gasteiger partial charge in [-0.2, -0.15) is 0 Å². The molecule has 3 heteroatoms. The average molecular weight is 290 g/mol. The van der Waals surface area contributed by atoms with Crippen LogP contribution in [0.3, 0.4) is 0 Å². The van der Waals surface area contributed by atoms with Gasteiger partial charge in [-0.25, -0.2) is 0 Å². The molecule has 0 atom stereocenters. The van der Waals surface area contributed by atoms with Crippen LogP contribution in [-0.2, 0) is 13.2 Å². The molecule has 0 radical (unpaired) electrons. The van der Waals surface area contributed by atoms with E-state index in [0.29, 0.717) is 6.61 Å². The molecule has 0 aliphatic heterocycles. The predicted octanol–water partition coefficient (Wildman–Crippen LogP) is 3.96. The van der Waals surface area contributed by atoms with E-state index in [2.05, 4.69) is 30.1 Å². The Hall–Kier alpha value is -1.77. The molecule has 0 aliphatic carbocycles. The van der Waals surface area contributed by atoms with Gasteiger partial charge in [-0.15, -0.1) is 19.0 Å². The van der Waals surface area contributed by atoms with Crippen molar-refractivity contribution in [3.05, 3.63) is 78.4 Å². The van der Waals surface area contributed by atoms with Gasteiger partial charge in [0.1, 0.15) is 12.4 Å². The third kappa shape index (κ3) is 5.08. The van der Waals surface area contributed by atoms with Crippen LogP contribution in [0.15, 0.2) is 67.3 Å². The Balaban J connectivity index is 0.00000200. The van der Waals surface area contributed by atoms with Gasteiger partial charge in [0.15, 0.2) is 0 Å². The highest BCUT2D eigenvalue weighted by atomic mass is 35.5. The predicted molar refractivity (Wildman–Crippen MR) is 86.4 cm³/mol. The highest BCUT2D eigenvalue weighted by Crippen LogP contribution is 2.19. The monoisotopic (exact) mass is 289 g/mol. The van der Waals surface area contributed by atoms with Crippen molar-refractivity contribution < 1.29 is 4.74 Å². The third-order valence-corrected chi connectivity index (χ3v) is 2.81. The Morgan fingerprint density at radius 1 is 1.00 bits per heavy atom. The van der Waals surface area contributed by atoms with Gasteiger partial charge in [0.2, 0.25) is 0 Å². The molecular weight excluding hydrogens is 270 g/mol. The molecule has 0 amide bonds. The Morgan fingerprint density at radius 3 is 2.45 bits per heavy atom. The molecule has 0 spiro atoms. The van der Waals surface area contributed by atoms with Crippen LogP contribution >= 0.6 is 12.4 Å². The second-order valence-corrected chi connectivity index (χ2v) is 4.30. The normalized spacial score (nSPS) is 9.60. The molecular formula is C17H20ClNO. The lowest BCUT2D eigenvalue weighted by Gasteiger charge is -2.11. The minimum Gasteiger partial charge on any atom is -0.489 e. The standard InChI is InChI=1S/C17H19NO.ClH/c1-2-12-18-13-16-10-6-7-11-17(16)19-14-15-8-4-3-5-9-15;/h2-11,18H,1,12-14H2;1H. The lowest BCUT2D eigenvalue weighted by atomic mass is 10.2. The van der Waals surface area contributed by atoms with E-state index in [0.717, 1.165) is 18.8 Å². The van der Waals surface area contributed by atoms with E-state index in [1.165, 1.54) is 11.1 Å². The van der Waals surface area contributed by atoms with Crippen LogP contribution in [0, 0.1) is 0 Å². The van der Waals surface area contributed by atoms with E-state index >= 15 is 0 Å². The molecule has 0 unspecified atom stereocenters. The molecule has 0 fully saturated rings. The fraction of sp³-hybridized carbons (Fsp3) is 0.176. The zero-order chi connectivity index (χ0) is 13.3. The van der Waals surface area contributed by atoms with E-state index in [1.54, 1.807) is 0 Å². The summed E-state index contributed by atoms with van der Waals surface area (Å²) < 4.78 is 5.89. The molecule has 1 N–H and O–H groups in total. The van der Waals surface area contributed by atoms with Crippen molar-refractivity contribution in [1.29, 1.82) is 0 Å². The topological polar surface area (TPSA) is 21.3 Å². The number of hydrogen-bond acceptors (Lipinski definition) is 2. The van der Waals surface area contributed by atoms with E-state index in [-0.39, 0.29) is 12.4 Å². The van der Waals surface area contributed by atoms with E-state index in [9.17, 15) is 0 Å². The first-order valence-electron chi connectivity index (χ1n) is 6.46. The van der Waals surface area contributed by atoms with Crippen LogP contribution in [-0.4, -0.2) is 6.54 Å². The quantitative estimate of drug-likeness (QED) is 0.615. The lowest BCUT2D eigenvalue weighted by Crippen LogP contribution is -2.13. The molecule has 2 aromatic rings. The number of para-hydroxylation sites is 1. The first-order chi connectivity index (χ1) is 9.40. The first-order valence-corrected chi connectivity index (χ1v) is 6.46. The second-order valence-electron chi connectivity index (χ2n) is 4.30. The largest absolute Gasteiger partial charge is 0.489 e. The summed E-state index contributed by atoms with van der Waals surface area (Å²) in [5, 5.41) is 3.29. The molecule has 106 valence electrons. The van der Waals surface area contributed by atoms with Gasteiger partial charge >= 0.3 is 0 Å². The number of halogens is 1. The summed E-state index contributed by atoms with van der Waals surface area (Å²) in [6.45, 7) is 5.88. The van der Waals surface area contributed by atoms with Crippen molar-refractivity contribution in [3.63, 3.8) is 0 Å². The summed E-state index contributed by atoms with van der Waals surface area (Å²) in [5.74, 6) is 0.933. The molecule has 2 nitrogen and oxygen atoms in total. The van der Waals surface area contributed by atoms with Crippen LogP contribution in [0.25, 0.3) is 0 Å². The van der Waals surface area contributed by atoms with Crippen molar-refractivity contribution in [2.45, 2.75) is 13.2 Å². The highest BCUT2D eigenvalue weighted by molar-refractivity contribution is 5.85. The smallest absolute Gasteiger partial charge is 0.124 e. The maximum atomic E-state index is 5.89. The van der Waals surface area contributed by atoms with Crippen molar-refractivity contribution in [2.75, 3.05) is 6.54 Å². The van der Waals surface area contributed by atoms with Crippen LogP contribution in [0.2, 0.25) is 0 Å². The maximum absolute atomic E-state index is 5.89. The van der Waals surface area contributed by atoms with Gasteiger partial charge in [0.05, 0.1) is 0 Å². The summed E-state index contributed by atoms with van der Waals surface area (Å²) in [5.41, 5.74) is 2.34. The zero-order valence-corrected chi connectivity index (χ0v) is 12.2. The van der Waals surface area contributed by atoms with Gasteiger partial charge in [-0.3, -0.25) is 0 Å². The molecule has 2 rings (SSSR count). The molecule has 0 aliphatic rings. The highest BCUT2D eigenvalue weighted by Gasteiger charge is 2.02. The van der Waals surface area contributed by atoms with E-state index in [4.69, 9.17) is 4.74 Å². The van der Waals surface area contributed by atoms with Gasteiger partial charge < -0.3 is 10.1 Å². The Labute approximate surface area is 126 Å². The van der Waals surface area contributed by atoms with E-state index in [1.807, 2.05) is 42.5 Å². The molecule has 0 heterocycles. The molecule has 0 aromatic heterocycles. The van der Waals surface area contributed by atoms with Crippen LogP contribution in [0.4, 0.5) is 0 Å². The fourth-order valence-electron chi connectivity index (χ4n) is 1.83. The van der Waals surface area contributed by atoms with Gasteiger partial charge in [-0.05, 0) is 11.6 Å². The summed E-state index contributed by atoms with van der Waals surface area (Å²) in [6, 6.07) is 18.3. The van der Waals surface area contributed by atoms with Gasteiger partial charge in [-0.1, -0.05) is 54.6 Å². The van der Waals surface area contributed by atoms with Crippen LogP contribution in [0.5, 0.6) is 5.75 Å². The fourth-order valence-corrected chi connectivity index (χ4v) is 1.83. The average Bonchev–Trinajstić information content (AvgIpc) is 2.48. The third-order valence-electron chi connectivity index (χ3n) is 2.81. The SMILES string of the molecule is C=CCNCc1ccccc1OCc1ccccc1.Cl. The number of ether oxygens (including phenoxy) is 1. The number of benzene rings is 2. The number of nitrogens with one attached hydrogen (secondary N) is 1. The van der Waals surface area contributed by atoms with Gasteiger partial charge in [0, 0.05) is 18.7 Å². The zero-order valence-electron chi connectivity index (χ0n) is 11.4. The Bertz CT molecular complexity index is 513. The number of hydrogen-bond donors (Lipinski definition) is 1. The van der Waals surface area contributed by atoms with Crippen molar-refractivity contribution >= 4 is 12.4 Å². The van der Waals surface area contributed by atoms with Crippen molar-refractivity contribution in [3.8, 4) is 5.75 Å². The Morgan fingerprint density at radius 2 is 1.70 bits per heavy atom. The second kappa shape index (κ2) is 9.18. The number of rotatable bonds is 7. The summed E-state index contributed by atoms with van der Waals surface area (Å²) >= 11 is 0. The van der Waals surface area contributed by atoms with E-state index < -0.39 is 0 Å². The first kappa shape index (κ1) is 16.3. The molecule has 20 heavy (non-hydrogen) atoms. The summed E-state index contributed by atoms with van der Waals surface area (Å²) in [4.78, 5) is 0. The van der Waals surface area contributed by atoms with Crippen LogP contribution < -0.4 is 10.1 Å². The minimum atomic E-state index is 0. The molecule has 0 saturated heterocycles. The summed E-state index contributed by atoms with van der Waals surface area (Å²) in [7, 11) is 0. The lowest BCUT2D eigenvalue weighted by molar-refractivity contribution is 0.302. The van der Waals surface area contributed by atoms with Crippen LogP contribution in [0.1, 0.15) is 11.1 Å². The van der Waals surface area contributed by atoms with Crippen molar-refractivity contribution in [1.82, 2.24) is 5.32 Å². The Kier molecular flexibility index (Phi) is 7.48. The van der Waals surface area contributed by atoms with Crippen molar-refractivity contribution in [2.24, 2.45) is 0 Å². The summed E-state index contributed by atoms with van der Waals surface area (Å²) in [6.07, 6.45) is 1.85. The minimum absolute atomic E-state index is 0. The molecule has 0 saturated carbocycles. The maximum Gasteiger partial charge on any atom is 0.124 e.